The topological polar surface area (TPSA) is 73.2 Å². The van der Waals surface area contributed by atoms with Crippen LogP contribution >= 0.6 is 0 Å². The van der Waals surface area contributed by atoms with Crippen LogP contribution in [0.15, 0.2) is 24.4 Å². The van der Waals surface area contributed by atoms with Crippen LogP contribution in [0.25, 0.3) is 11.3 Å². The van der Waals surface area contributed by atoms with Crippen LogP contribution in [0.1, 0.15) is 19.7 Å². The number of aromatic amines is 1. The molecule has 1 aliphatic rings. The number of fused-ring (bicyclic) bond motifs is 1. The lowest BCUT2D eigenvalue weighted by atomic mass is 10.1. The smallest absolute Gasteiger partial charge is 0.231 e. The summed E-state index contributed by atoms with van der Waals surface area (Å²) in [6.45, 7) is 4.10. The molecule has 0 spiro atoms. The van der Waals surface area contributed by atoms with Crippen molar-refractivity contribution in [3.8, 4) is 22.8 Å². The van der Waals surface area contributed by atoms with E-state index in [1.54, 1.807) is 6.20 Å². The summed E-state index contributed by atoms with van der Waals surface area (Å²) in [4.78, 5) is 7.53. The van der Waals surface area contributed by atoms with Crippen molar-refractivity contribution in [2.75, 3.05) is 6.79 Å². The van der Waals surface area contributed by atoms with Gasteiger partial charge in [0.2, 0.25) is 6.79 Å². The van der Waals surface area contributed by atoms with Gasteiger partial charge in [0.1, 0.15) is 5.82 Å². The molecule has 3 N–H and O–H groups in total. The zero-order chi connectivity index (χ0) is 12.8. The van der Waals surface area contributed by atoms with E-state index >= 15 is 0 Å². The van der Waals surface area contributed by atoms with Crippen LogP contribution in [0.5, 0.6) is 11.5 Å². The molecule has 2 heterocycles. The van der Waals surface area contributed by atoms with Gasteiger partial charge in [-0.2, -0.15) is 0 Å². The molecule has 5 nitrogen and oxygen atoms in total. The molecule has 0 saturated carbocycles. The molecule has 0 bridgehead atoms. The molecule has 0 saturated heterocycles. The van der Waals surface area contributed by atoms with E-state index < -0.39 is 5.54 Å². The Morgan fingerprint density at radius 2 is 2.06 bits per heavy atom. The van der Waals surface area contributed by atoms with Crippen LogP contribution in [0.4, 0.5) is 0 Å². The molecule has 18 heavy (non-hydrogen) atoms. The van der Waals surface area contributed by atoms with Crippen molar-refractivity contribution in [3.63, 3.8) is 0 Å². The van der Waals surface area contributed by atoms with E-state index in [-0.39, 0.29) is 6.79 Å². The fraction of sp³-hybridized carbons (Fsp3) is 0.308. The zero-order valence-electron chi connectivity index (χ0n) is 10.4. The largest absolute Gasteiger partial charge is 0.454 e. The number of H-pyrrole nitrogens is 1. The molecule has 5 heteroatoms. The van der Waals surface area contributed by atoms with Crippen LogP contribution in [0, 0.1) is 0 Å². The lowest BCUT2D eigenvalue weighted by Gasteiger charge is -2.14. The highest BCUT2D eigenvalue weighted by Gasteiger charge is 2.19. The normalized spacial score (nSPS) is 13.9. The molecule has 0 radical (unpaired) electrons. The van der Waals surface area contributed by atoms with E-state index in [9.17, 15) is 0 Å². The van der Waals surface area contributed by atoms with Gasteiger partial charge in [-0.3, -0.25) is 0 Å². The first-order valence-electron chi connectivity index (χ1n) is 5.78. The maximum absolute atomic E-state index is 6.00. The monoisotopic (exact) mass is 245 g/mol. The van der Waals surface area contributed by atoms with Gasteiger partial charge in [0.25, 0.3) is 0 Å². The molecule has 1 aromatic heterocycles. The molecular weight excluding hydrogens is 230 g/mol. The van der Waals surface area contributed by atoms with E-state index in [4.69, 9.17) is 15.2 Å². The number of rotatable bonds is 2. The van der Waals surface area contributed by atoms with E-state index in [0.717, 1.165) is 28.6 Å². The maximum atomic E-state index is 6.00. The lowest BCUT2D eigenvalue weighted by Crippen LogP contribution is -2.30. The van der Waals surface area contributed by atoms with Crippen LogP contribution in [0.3, 0.4) is 0 Å². The summed E-state index contributed by atoms with van der Waals surface area (Å²) < 4.78 is 10.6. The summed E-state index contributed by atoms with van der Waals surface area (Å²) in [5.74, 6) is 2.29. The summed E-state index contributed by atoms with van der Waals surface area (Å²) in [6, 6.07) is 5.79. The molecular formula is C13H15N3O2. The highest BCUT2D eigenvalue weighted by atomic mass is 16.7. The molecule has 2 aromatic rings. The summed E-state index contributed by atoms with van der Waals surface area (Å²) in [7, 11) is 0. The van der Waals surface area contributed by atoms with Gasteiger partial charge in [-0.05, 0) is 32.0 Å². The quantitative estimate of drug-likeness (QED) is 0.848. The van der Waals surface area contributed by atoms with Crippen molar-refractivity contribution in [2.24, 2.45) is 5.73 Å². The maximum Gasteiger partial charge on any atom is 0.231 e. The van der Waals surface area contributed by atoms with Gasteiger partial charge in [0.15, 0.2) is 11.5 Å². The SMILES string of the molecule is CC(C)(N)c1ncc(-c2ccc3c(c2)OCO3)[nH]1. The van der Waals surface area contributed by atoms with Crippen LogP contribution < -0.4 is 15.2 Å². The van der Waals surface area contributed by atoms with Gasteiger partial charge in [0.05, 0.1) is 17.4 Å². The Bertz CT molecular complexity index is 584. The van der Waals surface area contributed by atoms with Gasteiger partial charge >= 0.3 is 0 Å². The number of nitrogens with two attached hydrogens (primary N) is 1. The first kappa shape index (κ1) is 11.1. The van der Waals surface area contributed by atoms with Crippen molar-refractivity contribution in [2.45, 2.75) is 19.4 Å². The first-order chi connectivity index (χ1) is 8.54. The number of aromatic nitrogens is 2. The Morgan fingerprint density at radius 1 is 1.28 bits per heavy atom. The zero-order valence-corrected chi connectivity index (χ0v) is 10.4. The van der Waals surface area contributed by atoms with Crippen LogP contribution in [0.2, 0.25) is 0 Å². The summed E-state index contributed by atoms with van der Waals surface area (Å²) in [5.41, 5.74) is 7.44. The lowest BCUT2D eigenvalue weighted by molar-refractivity contribution is 0.174. The van der Waals surface area contributed by atoms with Crippen molar-refractivity contribution in [1.29, 1.82) is 0 Å². The predicted octanol–water partition coefficient (Wildman–Crippen LogP) is 2.00. The predicted molar refractivity (Wildman–Crippen MR) is 67.4 cm³/mol. The number of benzene rings is 1. The number of hydrogen-bond acceptors (Lipinski definition) is 4. The van der Waals surface area contributed by atoms with Gasteiger partial charge in [0, 0.05) is 5.56 Å². The van der Waals surface area contributed by atoms with Crippen LogP contribution in [-0.4, -0.2) is 16.8 Å². The van der Waals surface area contributed by atoms with Crippen LogP contribution in [-0.2, 0) is 5.54 Å². The van der Waals surface area contributed by atoms with Gasteiger partial charge in [-0.15, -0.1) is 0 Å². The average molecular weight is 245 g/mol. The first-order valence-corrected chi connectivity index (χ1v) is 5.78. The second-order valence-corrected chi connectivity index (χ2v) is 4.94. The highest BCUT2D eigenvalue weighted by Crippen LogP contribution is 2.35. The van der Waals surface area contributed by atoms with Crippen molar-refractivity contribution >= 4 is 0 Å². The molecule has 0 amide bonds. The number of hydrogen-bond donors (Lipinski definition) is 2. The minimum absolute atomic E-state index is 0.281. The highest BCUT2D eigenvalue weighted by molar-refractivity contribution is 5.64. The van der Waals surface area contributed by atoms with Gasteiger partial charge < -0.3 is 20.2 Å². The second-order valence-electron chi connectivity index (χ2n) is 4.94. The van der Waals surface area contributed by atoms with Crippen molar-refractivity contribution < 1.29 is 9.47 Å². The second kappa shape index (κ2) is 3.74. The van der Waals surface area contributed by atoms with Crippen molar-refractivity contribution in [3.05, 3.63) is 30.2 Å². The third-order valence-corrected chi connectivity index (χ3v) is 2.87. The molecule has 0 unspecified atom stereocenters. The molecule has 0 fully saturated rings. The molecule has 94 valence electrons. The van der Waals surface area contributed by atoms with E-state index in [1.165, 1.54) is 0 Å². The fourth-order valence-corrected chi connectivity index (χ4v) is 1.86. The number of nitrogens with one attached hydrogen (secondary N) is 1. The Balaban J connectivity index is 1.98. The molecule has 3 rings (SSSR count). The van der Waals surface area contributed by atoms with Gasteiger partial charge in [-0.25, -0.2) is 4.98 Å². The third-order valence-electron chi connectivity index (χ3n) is 2.87. The Hall–Kier alpha value is -2.01. The minimum Gasteiger partial charge on any atom is -0.454 e. The third kappa shape index (κ3) is 1.82. The average Bonchev–Trinajstić information content (AvgIpc) is 2.96. The Morgan fingerprint density at radius 3 is 2.78 bits per heavy atom. The number of imidazole rings is 1. The molecule has 1 aromatic carbocycles. The molecule has 1 aliphatic heterocycles. The summed E-state index contributed by atoms with van der Waals surface area (Å²) in [5, 5.41) is 0. The van der Waals surface area contributed by atoms with E-state index in [0.29, 0.717) is 0 Å². The summed E-state index contributed by atoms with van der Waals surface area (Å²) >= 11 is 0. The minimum atomic E-state index is -0.478. The van der Waals surface area contributed by atoms with E-state index in [2.05, 4.69) is 9.97 Å². The van der Waals surface area contributed by atoms with E-state index in [1.807, 2.05) is 32.0 Å². The standard InChI is InChI=1S/C13H15N3O2/c1-13(2,14)12-15-6-9(16-12)8-3-4-10-11(5-8)18-7-17-10/h3-6H,7,14H2,1-2H3,(H,15,16). The molecule has 0 aliphatic carbocycles. The Labute approximate surface area is 105 Å². The molecule has 0 atom stereocenters. The van der Waals surface area contributed by atoms with Crippen molar-refractivity contribution in [1.82, 2.24) is 9.97 Å². The number of ether oxygens (including phenoxy) is 2. The number of nitrogens with zero attached hydrogens (tertiary/aromatic N) is 1. The fourth-order valence-electron chi connectivity index (χ4n) is 1.86. The Kier molecular flexibility index (Phi) is 2.31. The summed E-state index contributed by atoms with van der Waals surface area (Å²) in [6.07, 6.45) is 1.78. The van der Waals surface area contributed by atoms with Gasteiger partial charge in [-0.1, -0.05) is 0 Å².